The van der Waals surface area contributed by atoms with Crippen molar-refractivity contribution in [1.82, 2.24) is 0 Å². The van der Waals surface area contributed by atoms with Gasteiger partial charge >= 0.3 is 0 Å². The van der Waals surface area contributed by atoms with E-state index in [-0.39, 0.29) is 0 Å². The number of carbonyl (C=O) groups excluding carboxylic acids is 1. The van der Waals surface area contributed by atoms with Crippen LogP contribution < -0.4 is 0 Å². The third kappa shape index (κ3) is 2.37. The quantitative estimate of drug-likeness (QED) is 0.406. The van der Waals surface area contributed by atoms with Crippen LogP contribution in [-0.4, -0.2) is 12.2 Å². The molecule has 12 heavy (non-hydrogen) atoms. The first-order chi connectivity index (χ1) is 5.88. The molecule has 0 aliphatic carbocycles. The molecule has 0 radical (unpaired) electrons. The number of rotatable bonds is 2. The monoisotopic (exact) mass is 198 g/mol. The molecule has 3 heteroatoms. The SMILES string of the molecule is O=Cc1sccc1C#CCCCl. The van der Waals surface area contributed by atoms with E-state index in [0.29, 0.717) is 17.2 Å². The number of carbonyl (C=O) groups is 1. The first-order valence-corrected chi connectivity index (χ1v) is 4.87. The van der Waals surface area contributed by atoms with Crippen molar-refractivity contribution in [3.05, 3.63) is 21.9 Å². The summed E-state index contributed by atoms with van der Waals surface area (Å²) in [6.45, 7) is 0. The van der Waals surface area contributed by atoms with Gasteiger partial charge in [-0.05, 0) is 11.4 Å². The molecule has 0 atom stereocenters. The molecule has 0 N–H and O–H groups in total. The molecule has 0 saturated heterocycles. The molecule has 0 aliphatic heterocycles. The van der Waals surface area contributed by atoms with Crippen LogP contribution in [0.3, 0.4) is 0 Å². The van der Waals surface area contributed by atoms with Gasteiger partial charge in [0.25, 0.3) is 0 Å². The summed E-state index contributed by atoms with van der Waals surface area (Å²) in [5.41, 5.74) is 0.806. The molecule has 0 aromatic carbocycles. The van der Waals surface area contributed by atoms with Gasteiger partial charge in [-0.3, -0.25) is 4.79 Å². The van der Waals surface area contributed by atoms with Crippen molar-refractivity contribution in [2.75, 3.05) is 5.88 Å². The zero-order valence-corrected chi connectivity index (χ0v) is 7.91. The van der Waals surface area contributed by atoms with E-state index in [0.717, 1.165) is 11.8 Å². The first-order valence-electron chi connectivity index (χ1n) is 3.46. The van der Waals surface area contributed by atoms with Crippen LogP contribution in [-0.2, 0) is 0 Å². The maximum atomic E-state index is 10.4. The van der Waals surface area contributed by atoms with Crippen LogP contribution >= 0.6 is 22.9 Å². The van der Waals surface area contributed by atoms with Gasteiger partial charge < -0.3 is 0 Å². The van der Waals surface area contributed by atoms with Crippen molar-refractivity contribution >= 4 is 29.2 Å². The Morgan fingerprint density at radius 2 is 2.50 bits per heavy atom. The van der Waals surface area contributed by atoms with E-state index in [1.807, 2.05) is 11.4 Å². The number of hydrogen-bond donors (Lipinski definition) is 0. The molecule has 0 saturated carbocycles. The summed E-state index contributed by atoms with van der Waals surface area (Å²) < 4.78 is 0. The van der Waals surface area contributed by atoms with Gasteiger partial charge in [0.15, 0.2) is 6.29 Å². The minimum atomic E-state index is 0.535. The van der Waals surface area contributed by atoms with E-state index in [1.54, 1.807) is 0 Å². The van der Waals surface area contributed by atoms with E-state index in [9.17, 15) is 4.79 Å². The summed E-state index contributed by atoms with van der Waals surface area (Å²) in [5, 5.41) is 1.86. The highest BCUT2D eigenvalue weighted by Crippen LogP contribution is 2.12. The second-order valence-electron chi connectivity index (χ2n) is 2.06. The zero-order valence-electron chi connectivity index (χ0n) is 6.34. The molecular formula is C9H7ClOS. The summed E-state index contributed by atoms with van der Waals surface area (Å²) >= 11 is 6.85. The van der Waals surface area contributed by atoms with Gasteiger partial charge in [0.2, 0.25) is 0 Å². The molecule has 1 aromatic rings. The van der Waals surface area contributed by atoms with Crippen molar-refractivity contribution < 1.29 is 4.79 Å². The molecular weight excluding hydrogens is 192 g/mol. The highest BCUT2D eigenvalue weighted by molar-refractivity contribution is 7.11. The molecule has 1 rings (SSSR count). The second kappa shape index (κ2) is 4.97. The van der Waals surface area contributed by atoms with Crippen LogP contribution in [0.2, 0.25) is 0 Å². The number of hydrogen-bond acceptors (Lipinski definition) is 2. The van der Waals surface area contributed by atoms with Gasteiger partial charge in [-0.2, -0.15) is 0 Å². The van der Waals surface area contributed by atoms with E-state index in [2.05, 4.69) is 11.8 Å². The lowest BCUT2D eigenvalue weighted by Gasteiger charge is -1.82. The standard InChI is InChI=1S/C9H7ClOS/c10-5-2-1-3-8-4-6-12-9(8)7-11/h4,6-7H,2,5H2. The molecule has 0 fully saturated rings. The third-order valence-corrected chi connectivity index (χ3v) is 2.28. The number of halogens is 1. The Morgan fingerprint density at radius 1 is 1.67 bits per heavy atom. The summed E-state index contributed by atoms with van der Waals surface area (Å²) in [7, 11) is 0. The number of aldehydes is 1. The zero-order chi connectivity index (χ0) is 8.81. The maximum Gasteiger partial charge on any atom is 0.161 e. The Hall–Kier alpha value is -0.780. The molecule has 0 bridgehead atoms. The van der Waals surface area contributed by atoms with Gasteiger partial charge in [-0.15, -0.1) is 22.9 Å². The van der Waals surface area contributed by atoms with Gasteiger partial charge in [-0.25, -0.2) is 0 Å². The molecule has 0 aliphatic rings. The van der Waals surface area contributed by atoms with Gasteiger partial charge in [-0.1, -0.05) is 11.8 Å². The molecule has 1 heterocycles. The highest BCUT2D eigenvalue weighted by atomic mass is 35.5. The van der Waals surface area contributed by atoms with Crippen molar-refractivity contribution in [2.45, 2.75) is 6.42 Å². The summed E-state index contributed by atoms with van der Waals surface area (Å²) in [4.78, 5) is 11.1. The van der Waals surface area contributed by atoms with Crippen molar-refractivity contribution in [1.29, 1.82) is 0 Å². The second-order valence-corrected chi connectivity index (χ2v) is 3.38. The third-order valence-electron chi connectivity index (χ3n) is 1.24. The fourth-order valence-electron chi connectivity index (χ4n) is 0.720. The summed E-state index contributed by atoms with van der Waals surface area (Å²) in [5.74, 6) is 6.30. The summed E-state index contributed by atoms with van der Waals surface area (Å²) in [6, 6.07) is 1.84. The lowest BCUT2D eigenvalue weighted by atomic mass is 10.2. The van der Waals surface area contributed by atoms with Crippen molar-refractivity contribution in [3.8, 4) is 11.8 Å². The van der Waals surface area contributed by atoms with E-state index in [1.165, 1.54) is 11.3 Å². The Morgan fingerprint density at radius 3 is 3.17 bits per heavy atom. The fourth-order valence-corrected chi connectivity index (χ4v) is 1.47. The number of alkyl halides is 1. The van der Waals surface area contributed by atoms with E-state index in [4.69, 9.17) is 11.6 Å². The lowest BCUT2D eigenvalue weighted by molar-refractivity contribution is 0.112. The van der Waals surface area contributed by atoms with Crippen LogP contribution in [0.15, 0.2) is 11.4 Å². The lowest BCUT2D eigenvalue weighted by Crippen LogP contribution is -1.77. The normalized spacial score (nSPS) is 8.75. The average Bonchev–Trinajstić information content (AvgIpc) is 2.52. The highest BCUT2D eigenvalue weighted by Gasteiger charge is 1.97. The predicted molar refractivity (Wildman–Crippen MR) is 51.9 cm³/mol. The minimum absolute atomic E-state index is 0.535. The van der Waals surface area contributed by atoms with E-state index < -0.39 is 0 Å². The first kappa shape index (κ1) is 9.31. The Kier molecular flexibility index (Phi) is 3.86. The topological polar surface area (TPSA) is 17.1 Å². The Bertz CT molecular complexity index is 319. The predicted octanol–water partition coefficient (Wildman–Crippen LogP) is 2.54. The molecule has 1 nitrogen and oxygen atoms in total. The van der Waals surface area contributed by atoms with Crippen molar-refractivity contribution in [2.24, 2.45) is 0 Å². The Balaban J connectivity index is 2.76. The molecule has 1 aromatic heterocycles. The largest absolute Gasteiger partial charge is 0.297 e. The molecule has 0 amide bonds. The van der Waals surface area contributed by atoms with Crippen LogP contribution in [0.5, 0.6) is 0 Å². The van der Waals surface area contributed by atoms with E-state index >= 15 is 0 Å². The number of thiophene rings is 1. The maximum absolute atomic E-state index is 10.4. The molecule has 62 valence electrons. The molecule has 0 spiro atoms. The smallest absolute Gasteiger partial charge is 0.161 e. The van der Waals surface area contributed by atoms with Crippen molar-refractivity contribution in [3.63, 3.8) is 0 Å². The van der Waals surface area contributed by atoms with Crippen LogP contribution in [0.1, 0.15) is 21.7 Å². The van der Waals surface area contributed by atoms with Crippen LogP contribution in [0, 0.1) is 11.8 Å². The fraction of sp³-hybridized carbons (Fsp3) is 0.222. The Labute approximate surface area is 80.4 Å². The molecule has 0 unspecified atom stereocenters. The van der Waals surface area contributed by atoms with Gasteiger partial charge in [0.1, 0.15) is 0 Å². The minimum Gasteiger partial charge on any atom is -0.297 e. The average molecular weight is 199 g/mol. The van der Waals surface area contributed by atoms with Crippen LogP contribution in [0.25, 0.3) is 0 Å². The van der Waals surface area contributed by atoms with Gasteiger partial charge in [0.05, 0.1) is 4.88 Å². The van der Waals surface area contributed by atoms with Crippen LogP contribution in [0.4, 0.5) is 0 Å². The van der Waals surface area contributed by atoms with Gasteiger partial charge in [0, 0.05) is 17.9 Å². The summed E-state index contributed by atoms with van der Waals surface area (Å²) in [6.07, 6.45) is 1.49.